The predicted octanol–water partition coefficient (Wildman–Crippen LogP) is 4.29. The zero-order valence-electron chi connectivity index (χ0n) is 21.6. The van der Waals surface area contributed by atoms with Gasteiger partial charge in [-0.15, -0.1) is 0 Å². The minimum atomic E-state index is -2.29. The normalized spacial score (nSPS) is 23.0. The van der Waals surface area contributed by atoms with Gasteiger partial charge in [0.05, 0.1) is 12.9 Å². The van der Waals surface area contributed by atoms with Crippen molar-refractivity contribution in [3.8, 4) is 0 Å². The Bertz CT molecular complexity index is 1030. The van der Waals surface area contributed by atoms with Crippen LogP contribution in [0.3, 0.4) is 0 Å². The van der Waals surface area contributed by atoms with Gasteiger partial charge in [0.1, 0.15) is 17.9 Å². The number of aromatic nitrogens is 4. The molecule has 2 N–H and O–H groups in total. The molecule has 33 heavy (non-hydrogen) atoms. The van der Waals surface area contributed by atoms with Crippen LogP contribution in [0.2, 0.25) is 36.3 Å². The van der Waals surface area contributed by atoms with Crippen molar-refractivity contribution in [2.45, 2.75) is 96.2 Å². The minimum Gasteiger partial charge on any atom is -0.414 e. The number of imidazole rings is 1. The van der Waals surface area contributed by atoms with E-state index in [9.17, 15) is 4.79 Å². The topological polar surface area (TPSA) is 114 Å². The number of ether oxygens (including phenoxy) is 1. The maximum absolute atomic E-state index is 13.6. The molecule has 3 heterocycles. The molecule has 3 rings (SSSR count). The first kappa shape index (κ1) is 25.9. The molecule has 2 aromatic heterocycles. The van der Waals surface area contributed by atoms with E-state index in [2.05, 4.69) is 82.7 Å². The molecule has 2 aromatic rings. The first-order valence-electron chi connectivity index (χ1n) is 11.4. The van der Waals surface area contributed by atoms with Crippen molar-refractivity contribution >= 4 is 39.4 Å². The van der Waals surface area contributed by atoms with Gasteiger partial charge in [-0.05, 0) is 36.3 Å². The van der Waals surface area contributed by atoms with Gasteiger partial charge in [0.15, 0.2) is 46.2 Å². The van der Waals surface area contributed by atoms with Crippen LogP contribution in [0.15, 0.2) is 12.7 Å². The number of nitrogens with zero attached hydrogens (tertiary/aromatic N) is 4. The van der Waals surface area contributed by atoms with E-state index in [0.717, 1.165) is 0 Å². The number of hydrogen-bond acceptors (Lipinski definition) is 8. The Hall–Kier alpha value is -1.67. The lowest BCUT2D eigenvalue weighted by atomic mass is 10.2. The number of nitrogens with two attached hydrogens (primary N) is 1. The SMILES string of the molecule is CC(C)(C)[Si](C)(C)OCC1OC(n2cnc3c(N)ncnc32)C(O[Si](C)(C)C(C)(C)C)C1=O. The van der Waals surface area contributed by atoms with Gasteiger partial charge in [0.2, 0.25) is 0 Å². The van der Waals surface area contributed by atoms with Gasteiger partial charge in [-0.1, -0.05) is 41.5 Å². The van der Waals surface area contributed by atoms with Crippen LogP contribution in [0, 0.1) is 0 Å². The first-order chi connectivity index (χ1) is 15.0. The quantitative estimate of drug-likeness (QED) is 0.593. The van der Waals surface area contributed by atoms with Crippen molar-refractivity contribution in [1.29, 1.82) is 0 Å². The Balaban J connectivity index is 1.96. The highest BCUT2D eigenvalue weighted by Crippen LogP contribution is 2.42. The van der Waals surface area contributed by atoms with Gasteiger partial charge in [0.25, 0.3) is 0 Å². The second-order valence-electron chi connectivity index (χ2n) is 11.9. The van der Waals surface area contributed by atoms with Crippen LogP contribution in [0.25, 0.3) is 11.2 Å². The monoisotopic (exact) mass is 493 g/mol. The first-order valence-corrected chi connectivity index (χ1v) is 17.2. The molecule has 1 fully saturated rings. The lowest BCUT2D eigenvalue weighted by molar-refractivity contribution is -0.127. The van der Waals surface area contributed by atoms with Crippen molar-refractivity contribution in [2.24, 2.45) is 0 Å². The van der Waals surface area contributed by atoms with Crippen LogP contribution in [0.5, 0.6) is 0 Å². The summed E-state index contributed by atoms with van der Waals surface area (Å²) in [7, 11) is -4.35. The molecule has 11 heteroatoms. The molecule has 0 saturated carbocycles. The van der Waals surface area contributed by atoms with E-state index in [-0.39, 0.29) is 28.3 Å². The zero-order valence-corrected chi connectivity index (χ0v) is 23.6. The second-order valence-corrected chi connectivity index (χ2v) is 21.4. The molecule has 184 valence electrons. The molecule has 3 atom stereocenters. The van der Waals surface area contributed by atoms with Crippen LogP contribution >= 0.6 is 0 Å². The largest absolute Gasteiger partial charge is 0.414 e. The van der Waals surface area contributed by atoms with Crippen LogP contribution in [0.1, 0.15) is 47.8 Å². The lowest BCUT2D eigenvalue weighted by Crippen LogP contribution is -2.48. The van der Waals surface area contributed by atoms with E-state index in [0.29, 0.717) is 11.2 Å². The summed E-state index contributed by atoms with van der Waals surface area (Å²) >= 11 is 0. The average molecular weight is 494 g/mol. The smallest absolute Gasteiger partial charge is 0.196 e. The number of carbonyl (C=O) groups excluding carboxylic acids is 1. The third kappa shape index (κ3) is 4.92. The number of hydrogen-bond donors (Lipinski definition) is 1. The van der Waals surface area contributed by atoms with Gasteiger partial charge < -0.3 is 19.3 Å². The van der Waals surface area contributed by atoms with Crippen LogP contribution < -0.4 is 5.73 Å². The Labute approximate surface area is 198 Å². The molecule has 3 unspecified atom stereocenters. The molecule has 1 aliphatic rings. The van der Waals surface area contributed by atoms with Crippen molar-refractivity contribution in [1.82, 2.24) is 19.5 Å². The summed E-state index contributed by atoms with van der Waals surface area (Å²) in [6.07, 6.45) is 0.753. The molecule has 9 nitrogen and oxygen atoms in total. The number of carbonyl (C=O) groups is 1. The number of ketones is 1. The summed E-state index contributed by atoms with van der Waals surface area (Å²) in [6, 6.07) is 0. The molecule has 0 radical (unpaired) electrons. The van der Waals surface area contributed by atoms with Crippen molar-refractivity contribution in [3.63, 3.8) is 0 Å². The van der Waals surface area contributed by atoms with Gasteiger partial charge in [-0.2, -0.15) is 0 Å². The van der Waals surface area contributed by atoms with E-state index in [4.69, 9.17) is 19.3 Å². The van der Waals surface area contributed by atoms with Crippen molar-refractivity contribution in [2.75, 3.05) is 12.3 Å². The van der Waals surface area contributed by atoms with Crippen LogP contribution in [0.4, 0.5) is 5.82 Å². The average Bonchev–Trinajstić information content (AvgIpc) is 3.21. The highest BCUT2D eigenvalue weighted by molar-refractivity contribution is 6.74. The fourth-order valence-corrected chi connectivity index (χ4v) is 5.35. The third-order valence-electron chi connectivity index (χ3n) is 7.45. The van der Waals surface area contributed by atoms with Crippen LogP contribution in [-0.2, 0) is 18.4 Å². The van der Waals surface area contributed by atoms with E-state index < -0.39 is 35.1 Å². The summed E-state index contributed by atoms with van der Waals surface area (Å²) in [5, 5.41) is -0.0444. The van der Waals surface area contributed by atoms with E-state index in [1.165, 1.54) is 6.33 Å². The highest BCUT2D eigenvalue weighted by atomic mass is 28.4. The number of Topliss-reactive ketones (excluding diaryl/α,β-unsaturated/α-hetero) is 1. The molecule has 0 amide bonds. The van der Waals surface area contributed by atoms with Gasteiger partial charge in [-0.3, -0.25) is 9.36 Å². The summed E-state index contributed by atoms with van der Waals surface area (Å²) < 4.78 is 21.0. The van der Waals surface area contributed by atoms with E-state index >= 15 is 0 Å². The fraction of sp³-hybridized carbons (Fsp3) is 0.727. The van der Waals surface area contributed by atoms with Gasteiger partial charge >= 0.3 is 0 Å². The second kappa shape index (κ2) is 8.52. The zero-order chi connectivity index (χ0) is 25.0. The van der Waals surface area contributed by atoms with E-state index in [1.807, 2.05) is 0 Å². The fourth-order valence-electron chi connectivity index (χ4n) is 3.13. The van der Waals surface area contributed by atoms with Gasteiger partial charge in [0, 0.05) is 0 Å². The van der Waals surface area contributed by atoms with Crippen molar-refractivity contribution in [3.05, 3.63) is 12.7 Å². The minimum absolute atomic E-state index is 0.0279. The maximum Gasteiger partial charge on any atom is 0.196 e. The summed E-state index contributed by atoms with van der Waals surface area (Å²) in [4.78, 5) is 26.3. The molecule has 0 bridgehead atoms. The number of fused-ring (bicyclic) bond motifs is 1. The molecule has 0 spiro atoms. The molecule has 0 aliphatic carbocycles. The molecular formula is C22H39N5O4Si2. The maximum atomic E-state index is 13.6. The molecule has 1 aliphatic heterocycles. The molecule has 1 saturated heterocycles. The van der Waals surface area contributed by atoms with Gasteiger partial charge in [-0.25, -0.2) is 15.0 Å². The molecule has 0 aromatic carbocycles. The Morgan fingerprint density at radius 3 is 2.21 bits per heavy atom. The molecular weight excluding hydrogens is 454 g/mol. The van der Waals surface area contributed by atoms with Crippen molar-refractivity contribution < 1.29 is 18.4 Å². The lowest BCUT2D eigenvalue weighted by Gasteiger charge is -2.38. The standard InChI is InChI=1S/C22H39N5O4Si2/c1-21(2,3)32(7,8)29-11-14-16(28)17(31-33(9,10)22(4,5)6)20(30-14)27-13-26-15-18(23)24-12-25-19(15)27/h12-14,17,20H,11H2,1-10H3,(H2,23,24,25). The Kier molecular flexibility index (Phi) is 6.70. The number of nitrogen functional groups attached to an aromatic ring is 1. The van der Waals surface area contributed by atoms with E-state index in [1.54, 1.807) is 10.9 Å². The number of rotatable bonds is 6. The van der Waals surface area contributed by atoms with Crippen LogP contribution in [-0.4, -0.2) is 60.8 Å². The summed E-state index contributed by atoms with van der Waals surface area (Å²) in [5.41, 5.74) is 6.96. The Morgan fingerprint density at radius 1 is 1.03 bits per heavy atom. The predicted molar refractivity (Wildman–Crippen MR) is 134 cm³/mol. The Morgan fingerprint density at radius 2 is 1.64 bits per heavy atom. The number of anilines is 1. The highest BCUT2D eigenvalue weighted by Gasteiger charge is 2.51. The summed E-state index contributed by atoms with van der Waals surface area (Å²) in [5.74, 6) is 0.176. The summed E-state index contributed by atoms with van der Waals surface area (Å²) in [6.45, 7) is 21.7. The third-order valence-corrected chi connectivity index (χ3v) is 16.4.